The number of fused-ring (bicyclic) bond motifs is 1. The predicted octanol–water partition coefficient (Wildman–Crippen LogP) is 12.4. The molecule has 0 unspecified atom stereocenters. The van der Waals surface area contributed by atoms with E-state index in [4.69, 9.17) is 4.98 Å². The highest BCUT2D eigenvalue weighted by atomic mass is 15.1. The summed E-state index contributed by atoms with van der Waals surface area (Å²) in [5.74, 6) is 0. The topological polar surface area (TPSA) is 16.1 Å². The van der Waals surface area contributed by atoms with Crippen LogP contribution in [0, 0.1) is 0 Å². The third-order valence-electron chi connectivity index (χ3n) is 8.65. The van der Waals surface area contributed by atoms with Crippen molar-refractivity contribution in [1.82, 2.24) is 4.98 Å². The number of hydrogen-bond donors (Lipinski definition) is 0. The first-order valence-electron chi connectivity index (χ1n) is 16.0. The number of rotatable bonds is 7. The van der Waals surface area contributed by atoms with Crippen molar-refractivity contribution in [2.24, 2.45) is 0 Å². The van der Waals surface area contributed by atoms with Crippen molar-refractivity contribution in [3.63, 3.8) is 0 Å². The standard InChI is InChI=1S/C45H32N2/c1-4-14-33(15-5-1)39-30-40(32-43(31-39)47(41-21-6-2-7-22-41)42-23-8-3-9-24-42)37-19-12-17-35(28-37)36-18-13-20-38(29-36)45-44-25-11-10-16-34(44)26-27-46-45/h1-32H. The molecule has 47 heavy (non-hydrogen) atoms. The van der Waals surface area contributed by atoms with E-state index in [1.807, 2.05) is 6.20 Å². The van der Waals surface area contributed by atoms with Crippen LogP contribution in [-0.2, 0) is 0 Å². The Balaban J connectivity index is 1.26. The van der Waals surface area contributed by atoms with Gasteiger partial charge in [0.1, 0.15) is 0 Å². The van der Waals surface area contributed by atoms with Gasteiger partial charge in [0, 0.05) is 34.2 Å². The Morgan fingerprint density at radius 3 is 1.45 bits per heavy atom. The van der Waals surface area contributed by atoms with E-state index < -0.39 is 0 Å². The molecule has 222 valence electrons. The zero-order valence-corrected chi connectivity index (χ0v) is 25.9. The lowest BCUT2D eigenvalue weighted by Gasteiger charge is -2.27. The van der Waals surface area contributed by atoms with E-state index in [1.165, 1.54) is 22.1 Å². The second kappa shape index (κ2) is 12.6. The van der Waals surface area contributed by atoms with Crippen molar-refractivity contribution in [2.45, 2.75) is 0 Å². The lowest BCUT2D eigenvalue weighted by Crippen LogP contribution is -2.10. The number of para-hydroxylation sites is 2. The second-order valence-corrected chi connectivity index (χ2v) is 11.7. The van der Waals surface area contributed by atoms with Crippen LogP contribution in [0.15, 0.2) is 194 Å². The van der Waals surface area contributed by atoms with E-state index in [1.54, 1.807) is 0 Å². The number of aromatic nitrogens is 1. The summed E-state index contributed by atoms with van der Waals surface area (Å²) in [6.45, 7) is 0. The van der Waals surface area contributed by atoms with E-state index in [-0.39, 0.29) is 0 Å². The largest absolute Gasteiger partial charge is 0.310 e. The first-order chi connectivity index (χ1) is 23.3. The maximum atomic E-state index is 4.79. The van der Waals surface area contributed by atoms with E-state index in [9.17, 15) is 0 Å². The summed E-state index contributed by atoms with van der Waals surface area (Å²) in [5.41, 5.74) is 12.4. The van der Waals surface area contributed by atoms with Gasteiger partial charge in [-0.3, -0.25) is 4.98 Å². The maximum Gasteiger partial charge on any atom is 0.0780 e. The van der Waals surface area contributed by atoms with Crippen LogP contribution in [0.5, 0.6) is 0 Å². The summed E-state index contributed by atoms with van der Waals surface area (Å²) in [5, 5.41) is 2.35. The number of nitrogens with zero attached hydrogens (tertiary/aromatic N) is 2. The Kier molecular flexibility index (Phi) is 7.59. The van der Waals surface area contributed by atoms with Crippen molar-refractivity contribution >= 4 is 27.8 Å². The van der Waals surface area contributed by atoms with Crippen molar-refractivity contribution in [1.29, 1.82) is 0 Å². The summed E-state index contributed by atoms with van der Waals surface area (Å²) >= 11 is 0. The summed E-state index contributed by atoms with van der Waals surface area (Å²) < 4.78 is 0. The van der Waals surface area contributed by atoms with E-state index in [0.29, 0.717) is 0 Å². The van der Waals surface area contributed by atoms with Crippen LogP contribution >= 0.6 is 0 Å². The SMILES string of the molecule is c1ccc(-c2cc(-c3cccc(-c4cccc(-c5nccc6ccccc56)c4)c3)cc(N(c3ccccc3)c3ccccc3)c2)cc1. The monoisotopic (exact) mass is 600 g/mol. The van der Waals surface area contributed by atoms with Gasteiger partial charge in [0.2, 0.25) is 0 Å². The van der Waals surface area contributed by atoms with Gasteiger partial charge < -0.3 is 4.90 Å². The van der Waals surface area contributed by atoms with E-state index in [2.05, 4.69) is 193 Å². The molecular weight excluding hydrogens is 569 g/mol. The molecule has 0 aliphatic heterocycles. The zero-order valence-electron chi connectivity index (χ0n) is 25.9. The van der Waals surface area contributed by atoms with Crippen LogP contribution < -0.4 is 4.90 Å². The highest BCUT2D eigenvalue weighted by Gasteiger charge is 2.16. The van der Waals surface area contributed by atoms with Crippen LogP contribution in [0.4, 0.5) is 17.1 Å². The minimum Gasteiger partial charge on any atom is -0.310 e. The van der Waals surface area contributed by atoms with Gasteiger partial charge in [-0.1, -0.05) is 127 Å². The zero-order chi connectivity index (χ0) is 31.4. The molecule has 0 fully saturated rings. The van der Waals surface area contributed by atoms with Gasteiger partial charge in [-0.05, 0) is 99.4 Å². The number of benzene rings is 7. The third kappa shape index (κ3) is 5.81. The summed E-state index contributed by atoms with van der Waals surface area (Å²) in [4.78, 5) is 7.12. The normalized spacial score (nSPS) is 11.0. The molecule has 0 aliphatic carbocycles. The Labute approximate surface area is 275 Å². The first kappa shape index (κ1) is 28.2. The summed E-state index contributed by atoms with van der Waals surface area (Å²) in [7, 11) is 0. The molecule has 2 heteroatoms. The minimum absolute atomic E-state index is 1.00. The van der Waals surface area contributed by atoms with Gasteiger partial charge in [0.25, 0.3) is 0 Å². The summed E-state index contributed by atoms with van der Waals surface area (Å²) in [6.07, 6.45) is 1.90. The molecule has 0 atom stereocenters. The molecule has 0 spiro atoms. The fourth-order valence-corrected chi connectivity index (χ4v) is 6.38. The highest BCUT2D eigenvalue weighted by molar-refractivity contribution is 5.95. The Morgan fingerprint density at radius 1 is 0.319 bits per heavy atom. The number of anilines is 3. The molecular formula is C45H32N2. The Morgan fingerprint density at radius 2 is 0.787 bits per heavy atom. The van der Waals surface area contributed by atoms with Gasteiger partial charge in [-0.25, -0.2) is 0 Å². The van der Waals surface area contributed by atoms with Gasteiger partial charge in [0.05, 0.1) is 5.69 Å². The van der Waals surface area contributed by atoms with E-state index in [0.717, 1.165) is 50.4 Å². The average molecular weight is 601 g/mol. The lowest BCUT2D eigenvalue weighted by atomic mass is 9.94. The number of pyridine rings is 1. The fourth-order valence-electron chi connectivity index (χ4n) is 6.38. The predicted molar refractivity (Wildman–Crippen MR) is 198 cm³/mol. The molecule has 0 aliphatic rings. The first-order valence-corrected chi connectivity index (χ1v) is 16.0. The molecule has 0 amide bonds. The van der Waals surface area contributed by atoms with Crippen LogP contribution in [0.1, 0.15) is 0 Å². The molecule has 0 bridgehead atoms. The van der Waals surface area contributed by atoms with Gasteiger partial charge in [-0.2, -0.15) is 0 Å². The van der Waals surface area contributed by atoms with Gasteiger partial charge >= 0.3 is 0 Å². The van der Waals surface area contributed by atoms with Crippen molar-refractivity contribution in [3.8, 4) is 44.6 Å². The maximum absolute atomic E-state index is 4.79. The van der Waals surface area contributed by atoms with Crippen LogP contribution in [-0.4, -0.2) is 4.98 Å². The molecule has 0 saturated heterocycles. The van der Waals surface area contributed by atoms with Gasteiger partial charge in [-0.15, -0.1) is 0 Å². The molecule has 8 rings (SSSR count). The van der Waals surface area contributed by atoms with Crippen LogP contribution in [0.25, 0.3) is 55.4 Å². The Hall–Kier alpha value is -6.25. The van der Waals surface area contributed by atoms with Crippen LogP contribution in [0.3, 0.4) is 0 Å². The molecule has 0 saturated carbocycles. The van der Waals surface area contributed by atoms with Crippen molar-refractivity contribution < 1.29 is 0 Å². The Bertz CT molecular complexity index is 2250. The van der Waals surface area contributed by atoms with Crippen molar-refractivity contribution in [3.05, 3.63) is 194 Å². The average Bonchev–Trinajstić information content (AvgIpc) is 3.16. The van der Waals surface area contributed by atoms with Crippen molar-refractivity contribution in [2.75, 3.05) is 4.90 Å². The number of hydrogen-bond acceptors (Lipinski definition) is 2. The quantitative estimate of drug-likeness (QED) is 0.181. The lowest BCUT2D eigenvalue weighted by molar-refractivity contribution is 1.28. The van der Waals surface area contributed by atoms with Gasteiger partial charge in [0.15, 0.2) is 0 Å². The van der Waals surface area contributed by atoms with Crippen LogP contribution in [0.2, 0.25) is 0 Å². The second-order valence-electron chi connectivity index (χ2n) is 11.7. The van der Waals surface area contributed by atoms with E-state index >= 15 is 0 Å². The molecule has 2 nitrogen and oxygen atoms in total. The fraction of sp³-hybridized carbons (Fsp3) is 0. The molecule has 1 heterocycles. The molecule has 8 aromatic rings. The molecule has 1 aromatic heterocycles. The smallest absolute Gasteiger partial charge is 0.0780 e. The molecule has 0 N–H and O–H groups in total. The molecule has 7 aromatic carbocycles. The minimum atomic E-state index is 1.00. The summed E-state index contributed by atoms with van der Waals surface area (Å²) in [6, 6.07) is 66.8. The third-order valence-corrected chi connectivity index (χ3v) is 8.65. The highest BCUT2D eigenvalue weighted by Crippen LogP contribution is 2.40. The molecule has 0 radical (unpaired) electrons.